The molecule has 4 nitrogen and oxygen atoms in total. The van der Waals surface area contributed by atoms with Gasteiger partial charge in [0.25, 0.3) is 0 Å². The molecule has 1 rings (SSSR count). The Balaban J connectivity index is 2.46. The van der Waals surface area contributed by atoms with Gasteiger partial charge in [-0.3, -0.25) is 0 Å². The van der Waals surface area contributed by atoms with Crippen molar-refractivity contribution in [3.05, 3.63) is 29.6 Å². The number of methoxy groups -OCH3 is 1. The third-order valence-corrected chi connectivity index (χ3v) is 2.73. The average Bonchev–Trinajstić information content (AvgIpc) is 2.36. The molecule has 2 N–H and O–H groups in total. The first-order valence-electron chi connectivity index (χ1n) is 5.86. The van der Waals surface area contributed by atoms with Crippen LogP contribution >= 0.6 is 0 Å². The summed E-state index contributed by atoms with van der Waals surface area (Å²) in [7, 11) is 3.28. The summed E-state index contributed by atoms with van der Waals surface area (Å²) in [6, 6.07) is 4.88. The molecular formula is C13H20FNO3. The average molecular weight is 257 g/mol. The summed E-state index contributed by atoms with van der Waals surface area (Å²) in [4.78, 5) is 1.89. The molecule has 0 aliphatic heterocycles. The molecule has 0 heterocycles. The zero-order chi connectivity index (χ0) is 13.5. The molecule has 0 fully saturated rings. The Hall–Kier alpha value is -1.17. The zero-order valence-corrected chi connectivity index (χ0v) is 10.8. The van der Waals surface area contributed by atoms with Crippen molar-refractivity contribution in [1.29, 1.82) is 0 Å². The molecule has 0 aliphatic carbocycles. The number of benzene rings is 1. The minimum absolute atomic E-state index is 0.239. The molecule has 1 unspecified atom stereocenters. The van der Waals surface area contributed by atoms with Gasteiger partial charge in [0.2, 0.25) is 0 Å². The van der Waals surface area contributed by atoms with E-state index in [9.17, 15) is 9.50 Å². The molecule has 0 saturated heterocycles. The number of ether oxygens (including phenoxy) is 1. The number of hydrogen-bond acceptors (Lipinski definition) is 4. The number of hydrogen-bond donors (Lipinski definition) is 2. The van der Waals surface area contributed by atoms with E-state index in [1.165, 1.54) is 13.2 Å². The first-order chi connectivity index (χ1) is 8.56. The molecule has 5 heteroatoms. The lowest BCUT2D eigenvalue weighted by atomic mass is 10.1. The predicted molar refractivity (Wildman–Crippen MR) is 67.2 cm³/mol. The van der Waals surface area contributed by atoms with Crippen LogP contribution in [0.15, 0.2) is 18.2 Å². The molecule has 0 spiro atoms. The molecule has 0 bridgehead atoms. The highest BCUT2D eigenvalue weighted by molar-refractivity contribution is 5.29. The van der Waals surface area contributed by atoms with Crippen LogP contribution in [-0.4, -0.2) is 55.1 Å². The van der Waals surface area contributed by atoms with Crippen LogP contribution in [0, 0.1) is 5.82 Å². The van der Waals surface area contributed by atoms with Crippen LogP contribution in [-0.2, 0) is 6.42 Å². The van der Waals surface area contributed by atoms with Gasteiger partial charge in [-0.15, -0.1) is 0 Å². The molecule has 0 radical (unpaired) electrons. The zero-order valence-electron chi connectivity index (χ0n) is 10.8. The normalized spacial score (nSPS) is 12.8. The van der Waals surface area contributed by atoms with Gasteiger partial charge < -0.3 is 19.8 Å². The van der Waals surface area contributed by atoms with E-state index < -0.39 is 6.10 Å². The lowest BCUT2D eigenvalue weighted by Gasteiger charge is -2.19. The SMILES string of the molecule is COc1ccc(CCN(C)CC(O)CO)cc1F. The Morgan fingerprint density at radius 2 is 2.17 bits per heavy atom. The molecule has 102 valence electrons. The van der Waals surface area contributed by atoms with E-state index in [-0.39, 0.29) is 18.2 Å². The van der Waals surface area contributed by atoms with Crippen molar-refractivity contribution < 1.29 is 19.3 Å². The summed E-state index contributed by atoms with van der Waals surface area (Å²) >= 11 is 0. The fourth-order valence-electron chi connectivity index (χ4n) is 1.69. The number of halogens is 1. The second-order valence-corrected chi connectivity index (χ2v) is 4.32. The van der Waals surface area contributed by atoms with Crippen molar-refractivity contribution in [3.63, 3.8) is 0 Å². The minimum atomic E-state index is -0.734. The van der Waals surface area contributed by atoms with Crippen molar-refractivity contribution in [2.75, 3.05) is 33.9 Å². The summed E-state index contributed by atoms with van der Waals surface area (Å²) in [5.74, 6) is -0.129. The quantitative estimate of drug-likeness (QED) is 0.753. The Morgan fingerprint density at radius 3 is 2.72 bits per heavy atom. The van der Waals surface area contributed by atoms with Crippen LogP contribution in [0.1, 0.15) is 5.56 Å². The number of aliphatic hydroxyl groups is 2. The first kappa shape index (κ1) is 14.9. The van der Waals surface area contributed by atoms with E-state index in [1.807, 2.05) is 18.0 Å². The van der Waals surface area contributed by atoms with Gasteiger partial charge in [-0.05, 0) is 31.2 Å². The predicted octanol–water partition coefficient (Wildman–Crippen LogP) is 0.662. The van der Waals surface area contributed by atoms with E-state index in [0.29, 0.717) is 19.5 Å². The molecule has 0 aliphatic rings. The highest BCUT2D eigenvalue weighted by Gasteiger charge is 2.08. The fourth-order valence-corrected chi connectivity index (χ4v) is 1.69. The fraction of sp³-hybridized carbons (Fsp3) is 0.538. The lowest BCUT2D eigenvalue weighted by molar-refractivity contribution is 0.0669. The maximum atomic E-state index is 13.4. The van der Waals surface area contributed by atoms with Gasteiger partial charge in [-0.2, -0.15) is 0 Å². The van der Waals surface area contributed by atoms with E-state index in [4.69, 9.17) is 9.84 Å². The number of nitrogens with zero attached hydrogens (tertiary/aromatic N) is 1. The Labute approximate surface area is 107 Å². The van der Waals surface area contributed by atoms with E-state index in [2.05, 4.69) is 0 Å². The third kappa shape index (κ3) is 4.60. The third-order valence-electron chi connectivity index (χ3n) is 2.73. The lowest BCUT2D eigenvalue weighted by Crippen LogP contribution is -2.32. The Kier molecular flexibility index (Phi) is 6.04. The molecular weight excluding hydrogens is 237 g/mol. The topological polar surface area (TPSA) is 52.9 Å². The van der Waals surface area contributed by atoms with Gasteiger partial charge in [-0.25, -0.2) is 4.39 Å². The van der Waals surface area contributed by atoms with Gasteiger partial charge >= 0.3 is 0 Å². The highest BCUT2D eigenvalue weighted by atomic mass is 19.1. The summed E-state index contributed by atoms with van der Waals surface area (Å²) in [5.41, 5.74) is 0.874. The molecule has 1 atom stereocenters. The maximum Gasteiger partial charge on any atom is 0.165 e. The van der Waals surface area contributed by atoms with E-state index in [1.54, 1.807) is 6.07 Å². The summed E-state index contributed by atoms with van der Waals surface area (Å²) in [5, 5.41) is 18.0. The summed E-state index contributed by atoms with van der Waals surface area (Å²) in [6.07, 6.45) is -0.0575. The van der Waals surface area contributed by atoms with Gasteiger partial charge in [0.1, 0.15) is 0 Å². The van der Waals surface area contributed by atoms with Crippen LogP contribution in [0.2, 0.25) is 0 Å². The Bertz CT molecular complexity index is 373. The van der Waals surface area contributed by atoms with Crippen molar-refractivity contribution in [3.8, 4) is 5.75 Å². The van der Waals surface area contributed by atoms with Crippen molar-refractivity contribution >= 4 is 0 Å². The molecule has 1 aromatic carbocycles. The van der Waals surface area contributed by atoms with Crippen molar-refractivity contribution in [1.82, 2.24) is 4.90 Å². The molecule has 0 aromatic heterocycles. The second kappa shape index (κ2) is 7.31. The monoisotopic (exact) mass is 257 g/mol. The Morgan fingerprint density at radius 1 is 1.44 bits per heavy atom. The van der Waals surface area contributed by atoms with Crippen LogP contribution in [0.3, 0.4) is 0 Å². The number of likely N-dealkylation sites (N-methyl/N-ethyl adjacent to an activating group) is 1. The van der Waals surface area contributed by atoms with Crippen LogP contribution in [0.25, 0.3) is 0 Å². The molecule has 18 heavy (non-hydrogen) atoms. The van der Waals surface area contributed by atoms with Crippen LogP contribution < -0.4 is 4.74 Å². The van der Waals surface area contributed by atoms with Crippen LogP contribution in [0.5, 0.6) is 5.75 Å². The van der Waals surface area contributed by atoms with Gasteiger partial charge in [-0.1, -0.05) is 6.07 Å². The second-order valence-electron chi connectivity index (χ2n) is 4.32. The maximum absolute atomic E-state index is 13.4. The van der Waals surface area contributed by atoms with Gasteiger partial charge in [0.15, 0.2) is 11.6 Å². The molecule has 1 aromatic rings. The highest BCUT2D eigenvalue weighted by Crippen LogP contribution is 2.17. The minimum Gasteiger partial charge on any atom is -0.494 e. The van der Waals surface area contributed by atoms with Gasteiger partial charge in [0.05, 0.1) is 19.8 Å². The van der Waals surface area contributed by atoms with E-state index >= 15 is 0 Å². The summed E-state index contributed by atoms with van der Waals surface area (Å²) < 4.78 is 18.3. The number of rotatable bonds is 7. The molecule has 0 saturated carbocycles. The van der Waals surface area contributed by atoms with Gasteiger partial charge in [0, 0.05) is 13.1 Å². The van der Waals surface area contributed by atoms with Crippen molar-refractivity contribution in [2.45, 2.75) is 12.5 Å². The summed E-state index contributed by atoms with van der Waals surface area (Å²) in [6.45, 7) is 0.833. The molecule has 0 amide bonds. The van der Waals surface area contributed by atoms with Crippen LogP contribution in [0.4, 0.5) is 4.39 Å². The standard InChI is InChI=1S/C13H20FNO3/c1-15(8-11(17)9-16)6-5-10-3-4-13(18-2)12(14)7-10/h3-4,7,11,16-17H,5-6,8-9H2,1-2H3. The number of aliphatic hydroxyl groups excluding tert-OH is 2. The smallest absolute Gasteiger partial charge is 0.165 e. The largest absolute Gasteiger partial charge is 0.494 e. The van der Waals surface area contributed by atoms with E-state index in [0.717, 1.165) is 5.56 Å². The first-order valence-corrected chi connectivity index (χ1v) is 5.86. The van der Waals surface area contributed by atoms with Crippen molar-refractivity contribution in [2.24, 2.45) is 0 Å².